The third-order valence-electron chi connectivity index (χ3n) is 7.06. The first kappa shape index (κ1) is 24.4. The van der Waals surface area contributed by atoms with Crippen LogP contribution in [0.25, 0.3) is 61.9 Å². The molecule has 5 heteroatoms. The van der Waals surface area contributed by atoms with Crippen LogP contribution in [0.2, 0.25) is 0 Å². The smallest absolute Gasteiger partial charge is 0.266 e. The second-order valence-corrected chi connectivity index (χ2v) is 9.70. The molecule has 5 aromatic carbocycles. The Kier molecular flexibility index (Phi) is 6.22. The fraction of sp³-hybridized carbons (Fsp3) is 0. The van der Waals surface area contributed by atoms with Crippen molar-refractivity contribution in [2.45, 2.75) is 0 Å². The Morgan fingerprint density at radius 1 is 0.463 bits per heavy atom. The van der Waals surface area contributed by atoms with Crippen molar-refractivity contribution in [3.63, 3.8) is 0 Å². The quantitative estimate of drug-likeness (QED) is 0.228. The van der Waals surface area contributed by atoms with Crippen LogP contribution in [0.5, 0.6) is 0 Å². The number of aromatic nitrogens is 4. The van der Waals surface area contributed by atoms with E-state index in [9.17, 15) is 4.79 Å². The number of fused-ring (bicyclic) bond motifs is 1. The summed E-state index contributed by atoms with van der Waals surface area (Å²) in [7, 11) is 0. The van der Waals surface area contributed by atoms with Gasteiger partial charge in [0.05, 0.1) is 28.0 Å². The number of hydrogen-bond acceptors (Lipinski definition) is 4. The zero-order valence-corrected chi connectivity index (χ0v) is 22.1. The van der Waals surface area contributed by atoms with Gasteiger partial charge >= 0.3 is 0 Å². The van der Waals surface area contributed by atoms with E-state index in [2.05, 4.69) is 24.3 Å². The highest BCUT2D eigenvalue weighted by atomic mass is 16.1. The number of hydrogen-bond donors (Lipinski definition) is 0. The summed E-state index contributed by atoms with van der Waals surface area (Å²) in [5, 5.41) is 0.580. The molecule has 0 aliphatic heterocycles. The van der Waals surface area contributed by atoms with Crippen LogP contribution in [-0.2, 0) is 0 Å². The van der Waals surface area contributed by atoms with E-state index in [4.69, 9.17) is 15.0 Å². The highest BCUT2D eigenvalue weighted by molar-refractivity contribution is 5.81. The van der Waals surface area contributed by atoms with Gasteiger partial charge in [0.1, 0.15) is 5.82 Å². The molecule has 0 saturated carbocycles. The lowest BCUT2D eigenvalue weighted by Gasteiger charge is -2.14. The first-order chi connectivity index (χ1) is 20.2. The molecule has 0 aliphatic carbocycles. The Balaban J connectivity index is 1.37. The molecule has 0 fully saturated rings. The van der Waals surface area contributed by atoms with Crippen LogP contribution in [-0.4, -0.2) is 19.5 Å². The van der Waals surface area contributed by atoms with Gasteiger partial charge in [0.25, 0.3) is 5.56 Å². The van der Waals surface area contributed by atoms with Gasteiger partial charge in [-0.3, -0.25) is 9.36 Å². The normalized spacial score (nSPS) is 11.0. The molecule has 0 bridgehead atoms. The van der Waals surface area contributed by atoms with E-state index in [-0.39, 0.29) is 5.56 Å². The zero-order valence-electron chi connectivity index (χ0n) is 22.1. The van der Waals surface area contributed by atoms with Gasteiger partial charge in [-0.15, -0.1) is 0 Å². The third-order valence-corrected chi connectivity index (χ3v) is 7.06. The molecule has 0 N–H and O–H groups in total. The molecular formula is C36H24N4O. The van der Waals surface area contributed by atoms with Gasteiger partial charge in [-0.25, -0.2) is 15.0 Å². The fourth-order valence-corrected chi connectivity index (χ4v) is 5.00. The Morgan fingerprint density at radius 3 is 1.59 bits per heavy atom. The summed E-state index contributed by atoms with van der Waals surface area (Å²) < 4.78 is 1.68. The first-order valence-electron chi connectivity index (χ1n) is 13.4. The van der Waals surface area contributed by atoms with E-state index in [1.807, 2.05) is 121 Å². The van der Waals surface area contributed by atoms with Crippen molar-refractivity contribution in [2.75, 3.05) is 0 Å². The molecule has 0 saturated heterocycles. The fourth-order valence-electron chi connectivity index (χ4n) is 5.00. The van der Waals surface area contributed by atoms with Crippen molar-refractivity contribution in [1.82, 2.24) is 19.5 Å². The van der Waals surface area contributed by atoms with Crippen LogP contribution in [0, 0.1) is 0 Å². The van der Waals surface area contributed by atoms with Crippen LogP contribution >= 0.6 is 0 Å². The largest absolute Gasteiger partial charge is 0.268 e. The van der Waals surface area contributed by atoms with Crippen LogP contribution in [0.15, 0.2) is 150 Å². The Bertz CT molecular complexity index is 1980. The number of benzene rings is 5. The molecule has 194 valence electrons. The molecule has 41 heavy (non-hydrogen) atoms. The predicted molar refractivity (Wildman–Crippen MR) is 165 cm³/mol. The van der Waals surface area contributed by atoms with Crippen LogP contribution in [0.3, 0.4) is 0 Å². The average Bonchev–Trinajstić information content (AvgIpc) is 3.06. The molecule has 2 heterocycles. The molecule has 0 unspecified atom stereocenters. The first-order valence-corrected chi connectivity index (χ1v) is 13.4. The second kappa shape index (κ2) is 10.5. The number of nitrogens with zero attached hydrogens (tertiary/aromatic N) is 4. The highest BCUT2D eigenvalue weighted by Gasteiger charge is 2.16. The minimum atomic E-state index is -0.104. The Hall–Kier alpha value is -5.68. The maximum Gasteiger partial charge on any atom is 0.266 e. The van der Waals surface area contributed by atoms with Crippen molar-refractivity contribution in [3.8, 4) is 51.0 Å². The molecule has 0 atom stereocenters. The molecule has 0 aliphatic rings. The van der Waals surface area contributed by atoms with E-state index >= 15 is 0 Å². The third kappa shape index (κ3) is 4.70. The van der Waals surface area contributed by atoms with Gasteiger partial charge in [0.2, 0.25) is 0 Å². The minimum absolute atomic E-state index is 0.104. The van der Waals surface area contributed by atoms with E-state index in [0.29, 0.717) is 22.6 Å². The summed E-state index contributed by atoms with van der Waals surface area (Å²) >= 11 is 0. The van der Waals surface area contributed by atoms with E-state index in [0.717, 1.165) is 39.3 Å². The van der Waals surface area contributed by atoms with Gasteiger partial charge < -0.3 is 0 Å². The van der Waals surface area contributed by atoms with Gasteiger partial charge in [-0.2, -0.15) is 0 Å². The molecule has 7 rings (SSSR count). The highest BCUT2D eigenvalue weighted by Crippen LogP contribution is 2.29. The Labute approximate surface area is 237 Å². The molecule has 0 radical (unpaired) electrons. The minimum Gasteiger partial charge on any atom is -0.268 e. The second-order valence-electron chi connectivity index (χ2n) is 9.70. The summed E-state index contributed by atoms with van der Waals surface area (Å²) in [6, 6.07) is 47.3. The van der Waals surface area contributed by atoms with Crippen LogP contribution < -0.4 is 5.56 Å². The van der Waals surface area contributed by atoms with Crippen molar-refractivity contribution in [2.24, 2.45) is 0 Å². The predicted octanol–water partition coefficient (Wildman–Crippen LogP) is 7.84. The number of rotatable bonds is 5. The summed E-state index contributed by atoms with van der Waals surface area (Å²) in [4.78, 5) is 28.5. The lowest BCUT2D eigenvalue weighted by Crippen LogP contribution is -2.21. The lowest BCUT2D eigenvalue weighted by atomic mass is 10.1. The SMILES string of the molecule is O=c1c2ccccc2nc(-c2ccc(-c3nc(-c4ccccc4)cc(-c4ccccc4)n3)cc2)n1-c1ccccc1. The number of para-hydroxylation sites is 2. The van der Waals surface area contributed by atoms with Gasteiger partial charge in [-0.1, -0.05) is 115 Å². The molecule has 7 aromatic rings. The van der Waals surface area contributed by atoms with Crippen LogP contribution in [0.1, 0.15) is 0 Å². The monoisotopic (exact) mass is 528 g/mol. The summed E-state index contributed by atoms with van der Waals surface area (Å²) in [5.74, 6) is 1.21. The Morgan fingerprint density at radius 2 is 0.976 bits per heavy atom. The van der Waals surface area contributed by atoms with Crippen molar-refractivity contribution < 1.29 is 0 Å². The average molecular weight is 529 g/mol. The topological polar surface area (TPSA) is 60.7 Å². The molecular weight excluding hydrogens is 504 g/mol. The van der Waals surface area contributed by atoms with Crippen molar-refractivity contribution in [3.05, 3.63) is 156 Å². The van der Waals surface area contributed by atoms with E-state index < -0.39 is 0 Å². The van der Waals surface area contributed by atoms with Crippen LogP contribution in [0.4, 0.5) is 0 Å². The molecule has 2 aromatic heterocycles. The van der Waals surface area contributed by atoms with Gasteiger partial charge in [0, 0.05) is 22.3 Å². The molecule has 5 nitrogen and oxygen atoms in total. The van der Waals surface area contributed by atoms with E-state index in [1.54, 1.807) is 4.57 Å². The van der Waals surface area contributed by atoms with Gasteiger partial charge in [0.15, 0.2) is 5.82 Å². The summed E-state index contributed by atoms with van der Waals surface area (Å²) in [5.41, 5.74) is 6.78. The van der Waals surface area contributed by atoms with Crippen molar-refractivity contribution >= 4 is 10.9 Å². The van der Waals surface area contributed by atoms with Crippen molar-refractivity contribution in [1.29, 1.82) is 0 Å². The maximum atomic E-state index is 13.7. The summed E-state index contributed by atoms with van der Waals surface area (Å²) in [6.45, 7) is 0. The van der Waals surface area contributed by atoms with E-state index in [1.165, 1.54) is 0 Å². The maximum absolute atomic E-state index is 13.7. The standard InChI is InChI=1S/C36H24N4O/c41-36-30-18-10-11-19-31(30)39-35(40(36)29-16-8-3-9-17-29)28-22-20-27(21-23-28)34-37-32(25-12-4-1-5-13-25)24-33(38-34)26-14-6-2-7-15-26/h1-24H. The lowest BCUT2D eigenvalue weighted by molar-refractivity contribution is 0.976. The molecule has 0 spiro atoms. The zero-order chi connectivity index (χ0) is 27.6. The molecule has 0 amide bonds. The summed E-state index contributed by atoms with van der Waals surface area (Å²) in [6.07, 6.45) is 0. The van der Waals surface area contributed by atoms with Gasteiger partial charge in [-0.05, 0) is 30.3 Å².